The fraction of sp³-hybridized carbons (Fsp3) is 0.0909. The summed E-state index contributed by atoms with van der Waals surface area (Å²) in [6.07, 6.45) is 1.35. The van der Waals surface area contributed by atoms with Gasteiger partial charge in [0.25, 0.3) is 0 Å². The lowest BCUT2D eigenvalue weighted by Gasteiger charge is -2.06. The Bertz CT molecular complexity index is 674. The van der Waals surface area contributed by atoms with Crippen LogP contribution in [0.5, 0.6) is 5.75 Å². The summed E-state index contributed by atoms with van der Waals surface area (Å²) >= 11 is 1.77. The number of rotatable bonds is 3. The van der Waals surface area contributed by atoms with E-state index in [1.165, 1.54) is 17.6 Å². The van der Waals surface area contributed by atoms with Gasteiger partial charge in [-0.05, 0) is 34.7 Å². The van der Waals surface area contributed by atoms with Crippen molar-refractivity contribution in [1.29, 1.82) is 0 Å². The molecular weight excluding hydrogens is 387 g/mol. The number of sulfone groups is 1. The average molecular weight is 396 g/mol. The van der Waals surface area contributed by atoms with E-state index in [9.17, 15) is 17.7 Å². The Morgan fingerprint density at radius 3 is 2.50 bits per heavy atom. The lowest BCUT2D eigenvalue weighted by molar-refractivity contribution is 0.470. The summed E-state index contributed by atoms with van der Waals surface area (Å²) < 4.78 is 36.0. The molecule has 7 heteroatoms. The highest BCUT2D eigenvalue weighted by molar-refractivity contribution is 14.1. The quantitative estimate of drug-likeness (QED) is 0.796. The first-order valence-corrected chi connectivity index (χ1v) is 8.84. The molecule has 1 unspecified atom stereocenters. The highest BCUT2D eigenvalue weighted by Gasteiger charge is 2.26. The predicted octanol–water partition coefficient (Wildman–Crippen LogP) is 2.19. The highest BCUT2D eigenvalue weighted by Crippen LogP contribution is 2.32. The fourth-order valence-corrected chi connectivity index (χ4v) is 5.80. The molecule has 1 atom stereocenters. The molecule has 0 aliphatic carbocycles. The molecule has 1 aliphatic rings. The van der Waals surface area contributed by atoms with Crippen LogP contribution >= 0.6 is 22.6 Å². The standard InChI is InChI=1S/C11H9IO4S2/c12-11-10(5-6-17(11)14)18(15,16)7-8-3-1-2-4-9(8)13/h1-6,13H,7H2. The third-order valence-corrected chi connectivity index (χ3v) is 7.42. The highest BCUT2D eigenvalue weighted by atomic mass is 127. The maximum Gasteiger partial charge on any atom is 0.184 e. The Hall–Kier alpha value is -0.670. The van der Waals surface area contributed by atoms with Gasteiger partial charge in [0.15, 0.2) is 9.84 Å². The number of benzene rings is 1. The van der Waals surface area contributed by atoms with Crippen LogP contribution in [0.2, 0.25) is 0 Å². The minimum Gasteiger partial charge on any atom is -0.508 e. The van der Waals surface area contributed by atoms with Gasteiger partial charge in [-0.25, -0.2) is 12.6 Å². The van der Waals surface area contributed by atoms with Crippen LogP contribution in [0.1, 0.15) is 5.56 Å². The van der Waals surface area contributed by atoms with E-state index >= 15 is 0 Å². The summed E-state index contributed by atoms with van der Waals surface area (Å²) in [6.45, 7) is 0. The van der Waals surface area contributed by atoms with Crippen molar-refractivity contribution >= 4 is 43.2 Å². The summed E-state index contributed by atoms with van der Waals surface area (Å²) in [4.78, 5) is 0.0738. The topological polar surface area (TPSA) is 71.4 Å². The Balaban J connectivity index is 2.38. The summed E-state index contributed by atoms with van der Waals surface area (Å²) in [6, 6.07) is 6.27. The molecule has 4 nitrogen and oxygen atoms in total. The molecule has 0 spiro atoms. The lowest BCUT2D eigenvalue weighted by Crippen LogP contribution is -2.06. The molecule has 1 aliphatic heterocycles. The predicted molar refractivity (Wildman–Crippen MR) is 79.1 cm³/mol. The van der Waals surface area contributed by atoms with Crippen molar-refractivity contribution in [2.45, 2.75) is 5.75 Å². The maximum atomic E-state index is 12.2. The molecule has 0 radical (unpaired) electrons. The minimum atomic E-state index is -3.59. The fourth-order valence-electron chi connectivity index (χ4n) is 1.49. The molecule has 0 saturated carbocycles. The van der Waals surface area contributed by atoms with Crippen molar-refractivity contribution in [2.24, 2.45) is 0 Å². The third-order valence-electron chi connectivity index (χ3n) is 2.39. The second kappa shape index (κ2) is 5.14. The van der Waals surface area contributed by atoms with Gasteiger partial charge in [-0.2, -0.15) is 0 Å². The molecule has 1 heterocycles. The first-order chi connectivity index (χ1) is 8.42. The molecule has 0 amide bonds. The number of phenolic OH excluding ortho intramolecular Hbond substituents is 1. The number of aromatic hydroxyl groups is 1. The molecule has 0 saturated heterocycles. The molecule has 0 fully saturated rings. The van der Waals surface area contributed by atoms with E-state index in [1.54, 1.807) is 40.8 Å². The molecular formula is C11H9IO4S2. The van der Waals surface area contributed by atoms with E-state index in [1.807, 2.05) is 0 Å². The second-order valence-electron chi connectivity index (χ2n) is 3.63. The van der Waals surface area contributed by atoms with E-state index in [0.717, 1.165) is 0 Å². The number of para-hydroxylation sites is 1. The van der Waals surface area contributed by atoms with Gasteiger partial charge >= 0.3 is 0 Å². The van der Waals surface area contributed by atoms with Crippen LogP contribution in [0.15, 0.2) is 43.6 Å². The Morgan fingerprint density at radius 2 is 1.94 bits per heavy atom. The summed E-state index contributed by atoms with van der Waals surface area (Å²) in [5.74, 6) is -0.358. The van der Waals surface area contributed by atoms with Gasteiger partial charge in [-0.15, -0.1) is 0 Å². The van der Waals surface area contributed by atoms with Gasteiger partial charge in [0.1, 0.15) is 8.66 Å². The number of hydrogen-bond acceptors (Lipinski definition) is 4. The lowest BCUT2D eigenvalue weighted by atomic mass is 10.2. The van der Waals surface area contributed by atoms with Crippen molar-refractivity contribution in [3.8, 4) is 5.75 Å². The SMILES string of the molecule is O=S1C=CC(S(=O)(=O)Cc2ccccc2O)=C1I. The zero-order valence-corrected chi connectivity index (χ0v) is 12.8. The number of phenols is 1. The first-order valence-electron chi connectivity index (χ1n) is 4.90. The number of allylic oxidation sites excluding steroid dienone is 1. The number of hydrogen-bond donors (Lipinski definition) is 1. The molecule has 1 N–H and O–H groups in total. The molecule has 0 aromatic heterocycles. The van der Waals surface area contributed by atoms with Gasteiger partial charge in [0.05, 0.1) is 21.5 Å². The van der Waals surface area contributed by atoms with Crippen LogP contribution in [0.3, 0.4) is 0 Å². The van der Waals surface area contributed by atoms with Crippen LogP contribution in [0.25, 0.3) is 0 Å². The van der Waals surface area contributed by atoms with Crippen LogP contribution < -0.4 is 0 Å². The van der Waals surface area contributed by atoms with Crippen molar-refractivity contribution in [2.75, 3.05) is 0 Å². The maximum absolute atomic E-state index is 12.2. The zero-order valence-electron chi connectivity index (χ0n) is 9.04. The molecule has 96 valence electrons. The van der Waals surface area contributed by atoms with E-state index in [-0.39, 0.29) is 16.4 Å². The largest absolute Gasteiger partial charge is 0.508 e. The molecule has 1 aromatic carbocycles. The average Bonchev–Trinajstić information content (AvgIpc) is 2.63. The Morgan fingerprint density at radius 1 is 1.28 bits per heavy atom. The van der Waals surface area contributed by atoms with Gasteiger partial charge in [-0.1, -0.05) is 18.2 Å². The minimum absolute atomic E-state index is 0.0558. The van der Waals surface area contributed by atoms with Gasteiger partial charge in [0, 0.05) is 11.0 Å². The molecule has 18 heavy (non-hydrogen) atoms. The third kappa shape index (κ3) is 2.67. The van der Waals surface area contributed by atoms with Crippen molar-refractivity contribution < 1.29 is 17.7 Å². The molecule has 0 bridgehead atoms. The zero-order chi connectivity index (χ0) is 13.3. The van der Waals surface area contributed by atoms with Gasteiger partial charge in [-0.3, -0.25) is 0 Å². The first kappa shape index (κ1) is 13.8. The summed E-state index contributed by atoms with van der Waals surface area (Å²) in [5.41, 5.74) is 0.334. The van der Waals surface area contributed by atoms with Crippen LogP contribution in [-0.4, -0.2) is 17.7 Å². The van der Waals surface area contributed by atoms with Crippen LogP contribution in [-0.2, 0) is 26.4 Å². The normalized spacial score (nSPS) is 19.5. The van der Waals surface area contributed by atoms with Crippen LogP contribution in [0.4, 0.5) is 0 Å². The van der Waals surface area contributed by atoms with Crippen molar-refractivity contribution in [3.05, 3.63) is 49.1 Å². The smallest absolute Gasteiger partial charge is 0.184 e. The Kier molecular flexibility index (Phi) is 3.93. The van der Waals surface area contributed by atoms with Crippen molar-refractivity contribution in [1.82, 2.24) is 0 Å². The van der Waals surface area contributed by atoms with Crippen LogP contribution in [0, 0.1) is 0 Å². The molecule has 2 rings (SSSR count). The Labute approximate surface area is 121 Å². The van der Waals surface area contributed by atoms with Gasteiger partial charge in [0.2, 0.25) is 0 Å². The van der Waals surface area contributed by atoms with E-state index < -0.39 is 20.6 Å². The number of halogens is 1. The molecule has 1 aromatic rings. The monoisotopic (exact) mass is 396 g/mol. The van der Waals surface area contributed by atoms with E-state index in [4.69, 9.17) is 0 Å². The second-order valence-corrected chi connectivity index (χ2v) is 8.67. The summed E-state index contributed by atoms with van der Waals surface area (Å²) in [7, 11) is -4.95. The van der Waals surface area contributed by atoms with Crippen molar-refractivity contribution in [3.63, 3.8) is 0 Å². The summed E-state index contributed by atoms with van der Waals surface area (Å²) in [5, 5.41) is 10.9. The van der Waals surface area contributed by atoms with E-state index in [2.05, 4.69) is 0 Å². The van der Waals surface area contributed by atoms with E-state index in [0.29, 0.717) is 8.48 Å². The van der Waals surface area contributed by atoms with Gasteiger partial charge < -0.3 is 5.11 Å².